The molecule has 2 N–H and O–H groups in total. The molecule has 1 aliphatic carbocycles. The predicted molar refractivity (Wildman–Crippen MR) is 151 cm³/mol. The number of methoxy groups -OCH3 is 1. The largest absolute Gasteiger partial charge is 0.493 e. The van der Waals surface area contributed by atoms with Gasteiger partial charge in [0.05, 0.1) is 21.8 Å². The van der Waals surface area contributed by atoms with Crippen molar-refractivity contribution in [2.75, 3.05) is 12.4 Å². The summed E-state index contributed by atoms with van der Waals surface area (Å²) in [5, 5.41) is 31.7. The van der Waals surface area contributed by atoms with Crippen molar-refractivity contribution in [3.8, 4) is 23.6 Å². The second-order valence-corrected chi connectivity index (χ2v) is 10.7. The zero-order valence-electron chi connectivity index (χ0n) is 20.3. The third kappa shape index (κ3) is 5.98. The zero-order chi connectivity index (χ0) is 27.2. The third-order valence-corrected chi connectivity index (χ3v) is 8.03. The molecule has 1 heterocycles. The molecule has 10 heteroatoms. The van der Waals surface area contributed by atoms with E-state index in [1.807, 2.05) is 6.07 Å². The Morgan fingerprint density at radius 3 is 2.58 bits per heavy atom. The fraction of sp³-hybridized carbons (Fsp3) is 0.214. The van der Waals surface area contributed by atoms with E-state index in [0.29, 0.717) is 31.2 Å². The van der Waals surface area contributed by atoms with Gasteiger partial charge in [0.15, 0.2) is 11.5 Å². The molecular formula is C28H22IN3O5S. The van der Waals surface area contributed by atoms with E-state index < -0.39 is 11.9 Å². The number of nitrogens with one attached hydrogen (secondary N) is 1. The summed E-state index contributed by atoms with van der Waals surface area (Å²) in [6, 6.07) is 14.0. The van der Waals surface area contributed by atoms with Crippen molar-refractivity contribution in [2.45, 2.75) is 32.3 Å². The normalized spacial score (nSPS) is 12.6. The highest BCUT2D eigenvalue weighted by Crippen LogP contribution is 2.38. The van der Waals surface area contributed by atoms with Crippen molar-refractivity contribution < 1.29 is 24.2 Å². The Labute approximate surface area is 237 Å². The summed E-state index contributed by atoms with van der Waals surface area (Å²) < 4.78 is 12.1. The molecule has 0 saturated carbocycles. The van der Waals surface area contributed by atoms with Gasteiger partial charge in [0.2, 0.25) is 0 Å². The molecule has 0 aliphatic heterocycles. The summed E-state index contributed by atoms with van der Waals surface area (Å²) in [4.78, 5) is 25.1. The first-order valence-electron chi connectivity index (χ1n) is 11.6. The van der Waals surface area contributed by atoms with Crippen LogP contribution in [0.3, 0.4) is 0 Å². The second kappa shape index (κ2) is 12.1. The van der Waals surface area contributed by atoms with Gasteiger partial charge in [0, 0.05) is 4.88 Å². The number of amides is 1. The van der Waals surface area contributed by atoms with Crippen LogP contribution in [0.5, 0.6) is 11.5 Å². The lowest BCUT2D eigenvalue weighted by atomic mass is 9.96. The maximum absolute atomic E-state index is 13.0. The number of carbonyl (C=O) groups is 2. The summed E-state index contributed by atoms with van der Waals surface area (Å²) in [5.41, 5.74) is 2.94. The van der Waals surface area contributed by atoms with E-state index in [1.54, 1.807) is 24.3 Å². The minimum atomic E-state index is -0.997. The molecule has 0 bridgehead atoms. The Kier molecular flexibility index (Phi) is 8.66. The molecule has 4 rings (SSSR count). The molecule has 0 spiro atoms. The molecule has 192 valence electrons. The molecule has 1 amide bonds. The number of halogens is 1. The Hall–Kier alpha value is -3.87. The van der Waals surface area contributed by atoms with Crippen molar-refractivity contribution in [1.82, 2.24) is 0 Å². The lowest BCUT2D eigenvalue weighted by molar-refractivity contribution is -0.112. The number of aryl methyl sites for hydroxylation is 1. The Bertz CT molecular complexity index is 1510. The number of nitrogens with zero attached hydrogens (tertiary/aromatic N) is 2. The van der Waals surface area contributed by atoms with E-state index in [0.717, 1.165) is 41.7 Å². The van der Waals surface area contributed by atoms with E-state index in [-0.39, 0.29) is 17.7 Å². The number of carboxylic acid groups (broad SMARTS) is 1. The molecule has 1 aromatic heterocycles. The first-order valence-corrected chi connectivity index (χ1v) is 13.5. The molecule has 3 aromatic rings. The zero-order valence-corrected chi connectivity index (χ0v) is 23.3. The summed E-state index contributed by atoms with van der Waals surface area (Å²) >= 11 is 3.49. The van der Waals surface area contributed by atoms with Crippen LogP contribution in [0.1, 0.15) is 50.3 Å². The molecule has 2 aromatic carbocycles. The van der Waals surface area contributed by atoms with Crippen LogP contribution < -0.4 is 14.8 Å². The van der Waals surface area contributed by atoms with Gasteiger partial charge in [-0.05, 0) is 95.3 Å². The average Bonchev–Trinajstić information content (AvgIpc) is 3.27. The predicted octanol–water partition coefficient (Wildman–Crippen LogP) is 5.93. The second-order valence-electron chi connectivity index (χ2n) is 8.48. The summed E-state index contributed by atoms with van der Waals surface area (Å²) in [7, 11) is 1.49. The maximum Gasteiger partial charge on any atom is 0.335 e. The van der Waals surface area contributed by atoms with Gasteiger partial charge in [-0.1, -0.05) is 12.1 Å². The molecule has 1 aliphatic rings. The van der Waals surface area contributed by atoms with Gasteiger partial charge < -0.3 is 19.9 Å². The molecule has 0 saturated heterocycles. The monoisotopic (exact) mass is 639 g/mol. The highest BCUT2D eigenvalue weighted by Gasteiger charge is 2.23. The van der Waals surface area contributed by atoms with Crippen molar-refractivity contribution in [3.05, 3.63) is 78.2 Å². The molecule has 0 atom stereocenters. The molecule has 0 radical (unpaired) electrons. The van der Waals surface area contributed by atoms with E-state index in [1.165, 1.54) is 36.7 Å². The molecule has 0 fully saturated rings. The summed E-state index contributed by atoms with van der Waals surface area (Å²) in [5.74, 6) is -0.677. The number of carboxylic acids is 1. The number of carbonyl (C=O) groups excluding carboxylic acids is 1. The van der Waals surface area contributed by atoms with Crippen LogP contribution in [0, 0.1) is 26.2 Å². The van der Waals surface area contributed by atoms with Crippen LogP contribution in [0.4, 0.5) is 5.00 Å². The first-order chi connectivity index (χ1) is 18.3. The number of hydrogen-bond acceptors (Lipinski definition) is 7. The van der Waals surface area contributed by atoms with Gasteiger partial charge in [-0.25, -0.2) is 4.79 Å². The lowest BCUT2D eigenvalue weighted by Gasteiger charge is -2.14. The smallest absolute Gasteiger partial charge is 0.335 e. The average molecular weight is 639 g/mol. The number of hydrogen-bond donors (Lipinski definition) is 2. The van der Waals surface area contributed by atoms with E-state index in [2.05, 4.69) is 34.0 Å². The number of rotatable bonds is 8. The quantitative estimate of drug-likeness (QED) is 0.177. The Balaban J connectivity index is 1.53. The molecule has 8 nitrogen and oxygen atoms in total. The molecule has 0 unspecified atom stereocenters. The standard InChI is InChI=1S/C28H22IN3O5S/c1-36-23-12-17(11-22(29)25(23)37-15-16-6-8-18(9-7-16)28(34)35)10-19(13-30)26(33)32-27-21(14-31)20-4-2-3-5-24(20)38-27/h6-12H,2-5,15H2,1H3,(H,32,33)(H,34,35)/b19-10+. The van der Waals surface area contributed by atoms with E-state index in [4.69, 9.17) is 14.6 Å². The fourth-order valence-electron chi connectivity index (χ4n) is 4.12. The number of aromatic carboxylic acids is 1. The highest BCUT2D eigenvalue weighted by molar-refractivity contribution is 14.1. The maximum atomic E-state index is 13.0. The summed E-state index contributed by atoms with van der Waals surface area (Å²) in [6.45, 7) is 0.194. The Morgan fingerprint density at radius 1 is 1.18 bits per heavy atom. The lowest BCUT2D eigenvalue weighted by Crippen LogP contribution is -2.13. The topological polar surface area (TPSA) is 132 Å². The minimum absolute atomic E-state index is 0.106. The molecule has 38 heavy (non-hydrogen) atoms. The van der Waals surface area contributed by atoms with Crippen molar-refractivity contribution >= 4 is 56.9 Å². The van der Waals surface area contributed by atoms with E-state index in [9.17, 15) is 20.1 Å². The number of benzene rings is 2. The van der Waals surface area contributed by atoms with Gasteiger partial charge in [-0.15, -0.1) is 11.3 Å². The number of nitriles is 2. The van der Waals surface area contributed by atoms with Gasteiger partial charge in [0.1, 0.15) is 29.3 Å². The van der Waals surface area contributed by atoms with Gasteiger partial charge in [-0.3, -0.25) is 4.79 Å². The van der Waals surface area contributed by atoms with Gasteiger partial charge >= 0.3 is 5.97 Å². The highest BCUT2D eigenvalue weighted by atomic mass is 127. The van der Waals surface area contributed by atoms with E-state index >= 15 is 0 Å². The van der Waals surface area contributed by atoms with Crippen LogP contribution in [-0.4, -0.2) is 24.1 Å². The van der Waals surface area contributed by atoms with Gasteiger partial charge in [0.25, 0.3) is 5.91 Å². The minimum Gasteiger partial charge on any atom is -0.493 e. The van der Waals surface area contributed by atoms with Crippen molar-refractivity contribution in [1.29, 1.82) is 10.5 Å². The van der Waals surface area contributed by atoms with Crippen LogP contribution in [0.15, 0.2) is 42.0 Å². The third-order valence-electron chi connectivity index (χ3n) is 6.02. The van der Waals surface area contributed by atoms with Crippen LogP contribution >= 0.6 is 33.9 Å². The van der Waals surface area contributed by atoms with Crippen molar-refractivity contribution in [2.24, 2.45) is 0 Å². The fourth-order valence-corrected chi connectivity index (χ4v) is 6.14. The number of anilines is 1. The van der Waals surface area contributed by atoms with Gasteiger partial charge in [-0.2, -0.15) is 10.5 Å². The van der Waals surface area contributed by atoms with Crippen LogP contribution in [-0.2, 0) is 24.2 Å². The number of thiophene rings is 1. The number of fused-ring (bicyclic) bond motifs is 1. The SMILES string of the molecule is COc1cc(/C=C(\C#N)C(=O)Nc2sc3c(c2C#N)CCCC3)cc(I)c1OCc1ccc(C(=O)O)cc1. The van der Waals surface area contributed by atoms with Crippen LogP contribution in [0.2, 0.25) is 0 Å². The number of ether oxygens (including phenoxy) is 2. The Morgan fingerprint density at radius 2 is 1.92 bits per heavy atom. The van der Waals surface area contributed by atoms with Crippen molar-refractivity contribution in [3.63, 3.8) is 0 Å². The van der Waals surface area contributed by atoms with Crippen LogP contribution in [0.25, 0.3) is 6.08 Å². The molecular weight excluding hydrogens is 617 g/mol. The first kappa shape index (κ1) is 27.2. The summed E-state index contributed by atoms with van der Waals surface area (Å²) in [6.07, 6.45) is 5.27.